The number of carbonyl (C=O) groups is 2. The first kappa shape index (κ1) is 33.9. The van der Waals surface area contributed by atoms with E-state index >= 15 is 0 Å². The molecule has 0 saturated heterocycles. The van der Waals surface area contributed by atoms with Crippen LogP contribution >= 0.6 is 11.6 Å². The van der Waals surface area contributed by atoms with E-state index in [2.05, 4.69) is 5.32 Å². The highest BCUT2D eigenvalue weighted by atomic mass is 35.5. The van der Waals surface area contributed by atoms with Gasteiger partial charge in [-0.3, -0.25) is 13.9 Å². The number of carbonyl (C=O) groups excluding carboxylic acids is 2. The molecular formula is C30H32ClF4N3O4S. The number of amides is 2. The number of halogens is 5. The predicted octanol–water partition coefficient (Wildman–Crippen LogP) is 6.42. The number of nitrogens with one attached hydrogen (secondary N) is 1. The summed E-state index contributed by atoms with van der Waals surface area (Å²) in [5, 5.41) is 2.17. The van der Waals surface area contributed by atoms with Gasteiger partial charge in [-0.15, -0.1) is 0 Å². The van der Waals surface area contributed by atoms with E-state index < -0.39 is 62.7 Å². The summed E-state index contributed by atoms with van der Waals surface area (Å²) in [6.07, 6.45) is -4.16. The van der Waals surface area contributed by atoms with Crippen LogP contribution in [0.1, 0.15) is 44.7 Å². The third-order valence-corrected chi connectivity index (χ3v) is 8.92. The fraction of sp³-hybridized carbons (Fsp3) is 0.333. The Morgan fingerprint density at radius 3 is 2.14 bits per heavy atom. The summed E-state index contributed by atoms with van der Waals surface area (Å²) in [7, 11) is -4.59. The second kappa shape index (κ2) is 14.2. The Morgan fingerprint density at radius 2 is 1.58 bits per heavy atom. The Morgan fingerprint density at radius 1 is 0.953 bits per heavy atom. The number of rotatable bonds is 12. The molecule has 3 aromatic carbocycles. The summed E-state index contributed by atoms with van der Waals surface area (Å²) in [5.74, 6) is -1.87. The Bertz CT molecular complexity index is 1520. The SMILES string of the molecule is CCC(C)NC(=O)C(CC)N(Cc1ccc(F)cc1)C(=O)CN(c1ccc(Cl)c(C(F)(F)F)c1)S(=O)(=O)c1ccccc1. The molecule has 7 nitrogen and oxygen atoms in total. The summed E-state index contributed by atoms with van der Waals surface area (Å²) in [6, 6.07) is 13.4. The third-order valence-electron chi connectivity index (χ3n) is 6.81. The number of hydrogen-bond donors (Lipinski definition) is 1. The lowest BCUT2D eigenvalue weighted by Crippen LogP contribution is -2.53. The van der Waals surface area contributed by atoms with Crippen LogP contribution < -0.4 is 9.62 Å². The van der Waals surface area contributed by atoms with Crippen molar-refractivity contribution >= 4 is 39.1 Å². The van der Waals surface area contributed by atoms with Crippen LogP contribution in [0.5, 0.6) is 0 Å². The van der Waals surface area contributed by atoms with Crippen molar-refractivity contribution in [3.8, 4) is 0 Å². The number of benzene rings is 3. The molecule has 0 aliphatic carbocycles. The zero-order valence-corrected chi connectivity index (χ0v) is 25.3. The molecule has 0 spiro atoms. The van der Waals surface area contributed by atoms with Gasteiger partial charge in [0, 0.05) is 12.6 Å². The Balaban J connectivity index is 2.13. The molecule has 13 heteroatoms. The number of alkyl halides is 3. The van der Waals surface area contributed by atoms with Crippen LogP contribution in [-0.2, 0) is 32.3 Å². The largest absolute Gasteiger partial charge is 0.417 e. The fourth-order valence-electron chi connectivity index (χ4n) is 4.28. The van der Waals surface area contributed by atoms with Gasteiger partial charge in [-0.05, 0) is 67.8 Å². The minimum absolute atomic E-state index is 0.139. The fourth-order valence-corrected chi connectivity index (χ4v) is 5.93. The van der Waals surface area contributed by atoms with Crippen molar-refractivity contribution in [1.82, 2.24) is 10.2 Å². The van der Waals surface area contributed by atoms with Crippen molar-refractivity contribution in [2.45, 2.75) is 63.3 Å². The molecule has 3 aromatic rings. The average molecular weight is 642 g/mol. The number of sulfonamides is 1. The van der Waals surface area contributed by atoms with Crippen LogP contribution in [-0.4, -0.2) is 43.8 Å². The van der Waals surface area contributed by atoms with Crippen LogP contribution in [0.15, 0.2) is 77.7 Å². The maximum atomic E-state index is 14.0. The van der Waals surface area contributed by atoms with E-state index in [1.54, 1.807) is 19.9 Å². The van der Waals surface area contributed by atoms with Gasteiger partial charge in [0.2, 0.25) is 11.8 Å². The molecule has 2 atom stereocenters. The van der Waals surface area contributed by atoms with Gasteiger partial charge >= 0.3 is 6.18 Å². The zero-order chi connectivity index (χ0) is 31.9. The molecule has 0 bridgehead atoms. The first-order valence-corrected chi connectivity index (χ1v) is 15.3. The van der Waals surface area contributed by atoms with Crippen molar-refractivity contribution in [3.05, 3.63) is 94.8 Å². The molecule has 0 aliphatic rings. The van der Waals surface area contributed by atoms with E-state index in [0.29, 0.717) is 22.4 Å². The molecule has 0 saturated carbocycles. The van der Waals surface area contributed by atoms with Crippen molar-refractivity contribution in [2.24, 2.45) is 0 Å². The lowest BCUT2D eigenvalue weighted by molar-refractivity contribution is -0.140. The molecule has 43 heavy (non-hydrogen) atoms. The molecule has 0 aliphatic heterocycles. The molecule has 3 rings (SSSR count). The Labute approximate surface area is 253 Å². The second-order valence-corrected chi connectivity index (χ2v) is 12.1. The lowest BCUT2D eigenvalue weighted by atomic mass is 10.1. The standard InChI is InChI=1S/C30H32ClF4N3O4S/c1-4-20(3)36-29(40)27(5-2)37(18-21-11-13-22(32)14-12-21)28(39)19-38(43(41,42)24-9-7-6-8-10-24)23-15-16-26(31)25(17-23)30(33,34)35/h6-17,20,27H,4-5,18-19H2,1-3H3,(H,36,40). The van der Waals surface area contributed by atoms with Crippen LogP contribution in [0.4, 0.5) is 23.2 Å². The topological polar surface area (TPSA) is 86.8 Å². The van der Waals surface area contributed by atoms with Gasteiger partial charge in [0.25, 0.3) is 10.0 Å². The maximum Gasteiger partial charge on any atom is 0.417 e. The second-order valence-electron chi connectivity index (χ2n) is 9.88. The summed E-state index contributed by atoms with van der Waals surface area (Å²) in [6.45, 7) is 4.17. The third kappa shape index (κ3) is 8.47. The van der Waals surface area contributed by atoms with E-state index in [-0.39, 0.29) is 23.9 Å². The van der Waals surface area contributed by atoms with E-state index in [1.165, 1.54) is 48.5 Å². The molecule has 2 amide bonds. The molecule has 0 radical (unpaired) electrons. The summed E-state index contributed by atoms with van der Waals surface area (Å²) in [4.78, 5) is 28.2. The quantitative estimate of drug-likeness (QED) is 0.232. The first-order valence-electron chi connectivity index (χ1n) is 13.5. The monoisotopic (exact) mass is 641 g/mol. The van der Waals surface area contributed by atoms with E-state index in [9.17, 15) is 35.6 Å². The lowest BCUT2D eigenvalue weighted by Gasteiger charge is -2.34. The summed E-state index contributed by atoms with van der Waals surface area (Å²) < 4.78 is 83.0. The smallest absolute Gasteiger partial charge is 0.352 e. The maximum absolute atomic E-state index is 14.0. The van der Waals surface area contributed by atoms with Crippen molar-refractivity contribution < 1.29 is 35.6 Å². The molecule has 0 heterocycles. The molecule has 232 valence electrons. The summed E-state index contributed by atoms with van der Waals surface area (Å²) in [5.41, 5.74) is -1.28. The number of anilines is 1. The van der Waals surface area contributed by atoms with E-state index in [4.69, 9.17) is 11.6 Å². The molecule has 1 N–H and O–H groups in total. The van der Waals surface area contributed by atoms with Crippen molar-refractivity contribution in [2.75, 3.05) is 10.8 Å². The molecule has 0 fully saturated rings. The molecule has 2 unspecified atom stereocenters. The van der Waals surface area contributed by atoms with Crippen molar-refractivity contribution in [3.63, 3.8) is 0 Å². The highest BCUT2D eigenvalue weighted by molar-refractivity contribution is 7.92. The zero-order valence-electron chi connectivity index (χ0n) is 23.7. The first-order chi connectivity index (χ1) is 20.2. The van der Waals surface area contributed by atoms with Gasteiger partial charge < -0.3 is 10.2 Å². The van der Waals surface area contributed by atoms with Gasteiger partial charge in [-0.2, -0.15) is 13.2 Å². The van der Waals surface area contributed by atoms with E-state index in [1.807, 2.05) is 6.92 Å². The van der Waals surface area contributed by atoms with Crippen LogP contribution in [0, 0.1) is 5.82 Å². The minimum Gasteiger partial charge on any atom is -0.352 e. The highest BCUT2D eigenvalue weighted by Crippen LogP contribution is 2.38. The Hall–Kier alpha value is -3.64. The van der Waals surface area contributed by atoms with Crippen LogP contribution in [0.25, 0.3) is 0 Å². The van der Waals surface area contributed by atoms with Gasteiger partial charge in [0.1, 0.15) is 18.4 Å². The van der Waals surface area contributed by atoms with Gasteiger partial charge in [0.05, 0.1) is 21.2 Å². The normalized spacial score (nSPS) is 13.2. The van der Waals surface area contributed by atoms with Gasteiger partial charge in [0.15, 0.2) is 0 Å². The van der Waals surface area contributed by atoms with Crippen LogP contribution in [0.3, 0.4) is 0 Å². The van der Waals surface area contributed by atoms with Gasteiger partial charge in [-0.1, -0.05) is 55.8 Å². The average Bonchev–Trinajstić information content (AvgIpc) is 2.96. The Kier molecular flexibility index (Phi) is 11.2. The molecule has 0 aromatic heterocycles. The number of hydrogen-bond acceptors (Lipinski definition) is 4. The number of nitrogens with zero attached hydrogens (tertiary/aromatic N) is 2. The highest BCUT2D eigenvalue weighted by Gasteiger charge is 2.37. The summed E-state index contributed by atoms with van der Waals surface area (Å²) >= 11 is 5.79. The van der Waals surface area contributed by atoms with Crippen molar-refractivity contribution in [1.29, 1.82) is 0 Å². The van der Waals surface area contributed by atoms with Crippen LogP contribution in [0.2, 0.25) is 5.02 Å². The predicted molar refractivity (Wildman–Crippen MR) is 156 cm³/mol. The van der Waals surface area contributed by atoms with Gasteiger partial charge in [-0.25, -0.2) is 12.8 Å². The minimum atomic E-state index is -4.91. The molecular weight excluding hydrogens is 610 g/mol. The van der Waals surface area contributed by atoms with E-state index in [0.717, 1.165) is 17.0 Å².